The largest absolute Gasteiger partial charge is 0.472 e. The topological polar surface area (TPSA) is 102 Å². The fraction of sp³-hybridized carbons (Fsp3) is 0.0625. The molecule has 2 heterocycles. The van der Waals surface area contributed by atoms with Gasteiger partial charge in [-0.1, -0.05) is 6.07 Å². The molecule has 1 aromatic carbocycles. The summed E-state index contributed by atoms with van der Waals surface area (Å²) in [4.78, 5) is 12.0. The lowest BCUT2D eigenvalue weighted by atomic mass is 10.3. The Morgan fingerprint density at radius 2 is 1.96 bits per heavy atom. The highest BCUT2D eigenvalue weighted by atomic mass is 32.2. The molecule has 0 atom stereocenters. The zero-order chi connectivity index (χ0) is 17.0. The fourth-order valence-electron chi connectivity index (χ4n) is 2.00. The predicted octanol–water partition coefficient (Wildman–Crippen LogP) is 2.60. The lowest BCUT2D eigenvalue weighted by Gasteiger charge is -2.08. The summed E-state index contributed by atoms with van der Waals surface area (Å²) in [6, 6.07) is 10.8. The third-order valence-electron chi connectivity index (χ3n) is 3.20. The molecule has 0 fully saturated rings. The van der Waals surface area contributed by atoms with Crippen LogP contribution in [0.15, 0.2) is 75.0 Å². The molecular weight excluding hydrogens is 332 g/mol. The molecule has 0 bridgehead atoms. The summed E-state index contributed by atoms with van der Waals surface area (Å²) in [6.45, 7) is 0.0426. The Hall–Kier alpha value is -2.84. The summed E-state index contributed by atoms with van der Waals surface area (Å²) in [5, 5.41) is 2.62. The smallest absolute Gasteiger partial charge is 0.258 e. The summed E-state index contributed by atoms with van der Waals surface area (Å²) in [5.41, 5.74) is 0.710. The van der Waals surface area contributed by atoms with Crippen LogP contribution in [0.5, 0.6) is 0 Å². The highest BCUT2D eigenvalue weighted by Crippen LogP contribution is 2.17. The number of rotatable bonds is 6. The predicted molar refractivity (Wildman–Crippen MR) is 85.8 cm³/mol. The SMILES string of the molecule is O=C(Nc1cccc(S(=O)(=O)NCc2ccco2)c1)c1ccoc1. The number of benzene rings is 1. The molecule has 1 amide bonds. The van der Waals surface area contributed by atoms with E-state index in [4.69, 9.17) is 8.83 Å². The van der Waals surface area contributed by atoms with E-state index in [9.17, 15) is 13.2 Å². The lowest BCUT2D eigenvalue weighted by molar-refractivity contribution is 0.102. The molecule has 8 heteroatoms. The van der Waals surface area contributed by atoms with Crippen molar-refractivity contribution in [3.05, 3.63) is 72.6 Å². The van der Waals surface area contributed by atoms with E-state index in [1.165, 1.54) is 37.0 Å². The average molecular weight is 346 g/mol. The van der Waals surface area contributed by atoms with Gasteiger partial charge in [0.25, 0.3) is 5.91 Å². The van der Waals surface area contributed by atoms with Crippen LogP contribution < -0.4 is 10.0 Å². The Labute approximate surface area is 138 Å². The zero-order valence-corrected chi connectivity index (χ0v) is 13.2. The highest BCUT2D eigenvalue weighted by molar-refractivity contribution is 7.89. The van der Waals surface area contributed by atoms with Crippen LogP contribution in [-0.2, 0) is 16.6 Å². The lowest BCUT2D eigenvalue weighted by Crippen LogP contribution is -2.23. The number of anilines is 1. The minimum Gasteiger partial charge on any atom is -0.472 e. The molecule has 0 aliphatic carbocycles. The van der Waals surface area contributed by atoms with Gasteiger partial charge in [0.15, 0.2) is 0 Å². The standard InChI is InChI=1S/C16H14N2O5S/c19-16(12-6-8-22-11-12)18-13-3-1-5-15(9-13)24(20,21)17-10-14-4-2-7-23-14/h1-9,11,17H,10H2,(H,18,19). The molecule has 7 nitrogen and oxygen atoms in total. The molecule has 0 aliphatic heterocycles. The van der Waals surface area contributed by atoms with Gasteiger partial charge in [0.1, 0.15) is 12.0 Å². The number of nitrogens with one attached hydrogen (secondary N) is 2. The van der Waals surface area contributed by atoms with Crippen LogP contribution in [0.25, 0.3) is 0 Å². The van der Waals surface area contributed by atoms with E-state index in [0.717, 1.165) is 0 Å². The fourth-order valence-corrected chi connectivity index (χ4v) is 3.04. The maximum atomic E-state index is 12.3. The molecule has 0 unspecified atom stereocenters. The third-order valence-corrected chi connectivity index (χ3v) is 4.60. The van der Waals surface area contributed by atoms with Crippen molar-refractivity contribution in [3.8, 4) is 0 Å². The number of hydrogen-bond donors (Lipinski definition) is 2. The van der Waals surface area contributed by atoms with Crippen LogP contribution in [0.4, 0.5) is 5.69 Å². The molecular formula is C16H14N2O5S. The van der Waals surface area contributed by atoms with E-state index < -0.39 is 10.0 Å². The van der Waals surface area contributed by atoms with E-state index in [2.05, 4.69) is 10.0 Å². The van der Waals surface area contributed by atoms with E-state index in [1.54, 1.807) is 24.3 Å². The maximum Gasteiger partial charge on any atom is 0.258 e. The molecule has 0 radical (unpaired) electrons. The van der Waals surface area contributed by atoms with Crippen LogP contribution in [-0.4, -0.2) is 14.3 Å². The number of sulfonamides is 1. The Bertz CT molecular complexity index is 915. The quantitative estimate of drug-likeness (QED) is 0.714. The summed E-state index contributed by atoms with van der Waals surface area (Å²) >= 11 is 0. The minimum absolute atomic E-state index is 0.0408. The zero-order valence-electron chi connectivity index (χ0n) is 12.4. The van der Waals surface area contributed by atoms with Gasteiger partial charge in [0, 0.05) is 5.69 Å². The Morgan fingerprint density at radius 1 is 1.08 bits per heavy atom. The van der Waals surface area contributed by atoms with Crippen molar-refractivity contribution in [3.63, 3.8) is 0 Å². The van der Waals surface area contributed by atoms with Gasteiger partial charge in [-0.05, 0) is 36.4 Å². The van der Waals surface area contributed by atoms with Crippen LogP contribution in [0.1, 0.15) is 16.1 Å². The normalized spacial score (nSPS) is 11.3. The minimum atomic E-state index is -3.73. The van der Waals surface area contributed by atoms with Gasteiger partial charge in [0.05, 0.1) is 29.5 Å². The van der Waals surface area contributed by atoms with Crippen molar-refractivity contribution >= 4 is 21.6 Å². The van der Waals surface area contributed by atoms with Gasteiger partial charge in [-0.3, -0.25) is 4.79 Å². The van der Waals surface area contributed by atoms with E-state index in [0.29, 0.717) is 17.0 Å². The number of amides is 1. The van der Waals surface area contributed by atoms with Gasteiger partial charge in [-0.25, -0.2) is 13.1 Å². The van der Waals surface area contributed by atoms with Crippen LogP contribution in [0, 0.1) is 0 Å². The number of carbonyl (C=O) groups excluding carboxylic acids is 1. The molecule has 0 saturated heterocycles. The first kappa shape index (κ1) is 16.0. The molecule has 2 aromatic heterocycles. The summed E-state index contributed by atoms with van der Waals surface area (Å²) in [7, 11) is -3.73. The number of carbonyl (C=O) groups is 1. The summed E-state index contributed by atoms with van der Waals surface area (Å²) < 4.78 is 37.0. The molecule has 0 saturated carbocycles. The monoisotopic (exact) mass is 346 g/mol. The summed E-state index contributed by atoms with van der Waals surface area (Å²) in [6.07, 6.45) is 4.16. The Morgan fingerprint density at radius 3 is 2.67 bits per heavy atom. The molecule has 0 spiro atoms. The van der Waals surface area contributed by atoms with Gasteiger partial charge < -0.3 is 14.2 Å². The third kappa shape index (κ3) is 3.73. The second-order valence-corrected chi connectivity index (χ2v) is 6.66. The first-order valence-electron chi connectivity index (χ1n) is 7.00. The van der Waals surface area contributed by atoms with Crippen LogP contribution >= 0.6 is 0 Å². The second kappa shape index (κ2) is 6.73. The van der Waals surface area contributed by atoms with Crippen molar-refractivity contribution in [1.82, 2.24) is 4.72 Å². The van der Waals surface area contributed by atoms with Crippen LogP contribution in [0.2, 0.25) is 0 Å². The van der Waals surface area contributed by atoms with Crippen LogP contribution in [0.3, 0.4) is 0 Å². The Balaban J connectivity index is 1.73. The first-order chi connectivity index (χ1) is 11.5. The Kier molecular flexibility index (Phi) is 4.50. The molecule has 0 aliphatic rings. The van der Waals surface area contributed by atoms with E-state index in [-0.39, 0.29) is 17.3 Å². The maximum absolute atomic E-state index is 12.3. The first-order valence-corrected chi connectivity index (χ1v) is 8.48. The molecule has 3 rings (SSSR count). The molecule has 124 valence electrons. The van der Waals surface area contributed by atoms with Crippen molar-refractivity contribution < 1.29 is 22.0 Å². The molecule has 3 aromatic rings. The molecule has 2 N–H and O–H groups in total. The second-order valence-electron chi connectivity index (χ2n) is 4.90. The van der Waals surface area contributed by atoms with Crippen molar-refractivity contribution in [1.29, 1.82) is 0 Å². The highest BCUT2D eigenvalue weighted by Gasteiger charge is 2.16. The van der Waals surface area contributed by atoms with Crippen molar-refractivity contribution in [2.75, 3.05) is 5.32 Å². The van der Waals surface area contributed by atoms with Gasteiger partial charge in [-0.2, -0.15) is 0 Å². The number of furan rings is 2. The van der Waals surface area contributed by atoms with Gasteiger partial charge in [-0.15, -0.1) is 0 Å². The van der Waals surface area contributed by atoms with E-state index >= 15 is 0 Å². The van der Waals surface area contributed by atoms with Crippen molar-refractivity contribution in [2.45, 2.75) is 11.4 Å². The van der Waals surface area contributed by atoms with Gasteiger partial charge in [0.2, 0.25) is 10.0 Å². The summed E-state index contributed by atoms with van der Waals surface area (Å²) in [5.74, 6) is 0.116. The van der Waals surface area contributed by atoms with Crippen molar-refractivity contribution in [2.24, 2.45) is 0 Å². The van der Waals surface area contributed by atoms with Gasteiger partial charge >= 0.3 is 0 Å². The average Bonchev–Trinajstić information content (AvgIpc) is 3.27. The molecule has 24 heavy (non-hydrogen) atoms. The number of hydrogen-bond acceptors (Lipinski definition) is 5. The van der Waals surface area contributed by atoms with E-state index in [1.807, 2.05) is 0 Å².